The van der Waals surface area contributed by atoms with Crippen LogP contribution >= 0.6 is 0 Å². The van der Waals surface area contributed by atoms with Gasteiger partial charge in [0.1, 0.15) is 6.54 Å². The van der Waals surface area contributed by atoms with Gasteiger partial charge in [-0.2, -0.15) is 0 Å². The fourth-order valence-electron chi connectivity index (χ4n) is 0.728. The van der Waals surface area contributed by atoms with E-state index in [2.05, 4.69) is 9.46 Å². The second kappa shape index (κ2) is 3.40. The highest BCUT2D eigenvalue weighted by atomic mass is 32.2. The Morgan fingerprint density at radius 1 is 1.58 bits per heavy atom. The molecule has 0 saturated heterocycles. The average Bonchev–Trinajstić information content (AvgIpc) is 2.82. The van der Waals surface area contributed by atoms with Gasteiger partial charge in [0, 0.05) is 0 Å². The van der Waals surface area contributed by atoms with Crippen LogP contribution in [0, 0.1) is 0 Å². The first-order chi connectivity index (χ1) is 5.56. The number of nitrogens with one attached hydrogen (secondary N) is 1. The number of carbonyl (C=O) groups excluding carboxylic acids is 1. The molecule has 1 fully saturated rings. The van der Waals surface area contributed by atoms with Crippen molar-refractivity contribution in [2.24, 2.45) is 0 Å². The van der Waals surface area contributed by atoms with E-state index in [0.717, 1.165) is 0 Å². The summed E-state index contributed by atoms with van der Waals surface area (Å²) in [5.74, 6) is -0.570. The first-order valence-electron chi connectivity index (χ1n) is 3.61. The smallest absolute Gasteiger partial charge is 0.320 e. The summed E-state index contributed by atoms with van der Waals surface area (Å²) in [6, 6.07) is 0. The number of methoxy groups -OCH3 is 1. The van der Waals surface area contributed by atoms with Crippen LogP contribution in [-0.4, -0.2) is 33.3 Å². The minimum absolute atomic E-state index is 0.269. The maximum atomic E-state index is 11.1. The molecule has 0 aromatic carbocycles. The highest BCUT2D eigenvalue weighted by molar-refractivity contribution is 7.90. The van der Waals surface area contributed by atoms with Crippen molar-refractivity contribution in [1.29, 1.82) is 0 Å². The third kappa shape index (κ3) is 2.46. The van der Waals surface area contributed by atoms with E-state index in [9.17, 15) is 13.2 Å². The molecule has 0 bridgehead atoms. The second-order valence-electron chi connectivity index (χ2n) is 2.64. The van der Waals surface area contributed by atoms with Gasteiger partial charge in [-0.1, -0.05) is 0 Å². The fraction of sp³-hybridized carbons (Fsp3) is 0.833. The van der Waals surface area contributed by atoms with Crippen LogP contribution in [-0.2, 0) is 19.6 Å². The van der Waals surface area contributed by atoms with E-state index in [4.69, 9.17) is 0 Å². The lowest BCUT2D eigenvalue weighted by Crippen LogP contribution is -2.32. The molecule has 1 rings (SSSR count). The number of hydrogen-bond acceptors (Lipinski definition) is 4. The van der Waals surface area contributed by atoms with Crippen LogP contribution in [0.15, 0.2) is 0 Å². The molecule has 0 aromatic rings. The topological polar surface area (TPSA) is 72.5 Å². The van der Waals surface area contributed by atoms with Crippen molar-refractivity contribution < 1.29 is 17.9 Å². The monoisotopic (exact) mass is 193 g/mol. The summed E-state index contributed by atoms with van der Waals surface area (Å²) < 4.78 is 28.6. The number of ether oxygens (including phenoxy) is 1. The van der Waals surface area contributed by atoms with Crippen LogP contribution in [0.3, 0.4) is 0 Å². The normalized spacial score (nSPS) is 17.4. The van der Waals surface area contributed by atoms with E-state index >= 15 is 0 Å². The molecule has 0 spiro atoms. The number of esters is 1. The zero-order chi connectivity index (χ0) is 9.19. The molecule has 0 unspecified atom stereocenters. The van der Waals surface area contributed by atoms with Crippen LogP contribution in [0.25, 0.3) is 0 Å². The van der Waals surface area contributed by atoms with E-state index in [0.29, 0.717) is 12.8 Å². The van der Waals surface area contributed by atoms with E-state index in [-0.39, 0.29) is 11.8 Å². The lowest BCUT2D eigenvalue weighted by molar-refractivity contribution is -0.139. The van der Waals surface area contributed by atoms with Crippen molar-refractivity contribution in [2.75, 3.05) is 13.7 Å². The minimum Gasteiger partial charge on any atom is -0.468 e. The van der Waals surface area contributed by atoms with Crippen molar-refractivity contribution in [2.45, 2.75) is 18.1 Å². The minimum atomic E-state index is -3.24. The number of carbonyl (C=O) groups is 1. The molecule has 5 nitrogen and oxygen atoms in total. The average molecular weight is 193 g/mol. The van der Waals surface area contributed by atoms with E-state index < -0.39 is 16.0 Å². The molecule has 0 radical (unpaired) electrons. The molecule has 0 aliphatic heterocycles. The van der Waals surface area contributed by atoms with Crippen molar-refractivity contribution in [3.8, 4) is 0 Å². The van der Waals surface area contributed by atoms with Crippen molar-refractivity contribution in [1.82, 2.24) is 4.72 Å². The molecule has 0 heterocycles. The Morgan fingerprint density at radius 3 is 2.58 bits per heavy atom. The Labute approximate surface area is 71.1 Å². The van der Waals surface area contributed by atoms with Crippen LogP contribution in [0.1, 0.15) is 12.8 Å². The van der Waals surface area contributed by atoms with E-state index in [1.165, 1.54) is 7.11 Å². The molecule has 1 aliphatic carbocycles. The predicted octanol–water partition coefficient (Wildman–Crippen LogP) is -0.759. The zero-order valence-corrected chi connectivity index (χ0v) is 7.56. The SMILES string of the molecule is COC(=O)CNS(=O)(=O)C1CC1. The molecular formula is C6H11NO4S. The van der Waals surface area contributed by atoms with Gasteiger partial charge in [-0.3, -0.25) is 4.79 Å². The maximum Gasteiger partial charge on any atom is 0.320 e. The van der Waals surface area contributed by atoms with Crippen molar-refractivity contribution in [3.63, 3.8) is 0 Å². The Morgan fingerprint density at radius 2 is 2.17 bits per heavy atom. The predicted molar refractivity (Wildman–Crippen MR) is 42.0 cm³/mol. The first-order valence-corrected chi connectivity index (χ1v) is 5.16. The van der Waals surface area contributed by atoms with Gasteiger partial charge in [-0.25, -0.2) is 13.1 Å². The first kappa shape index (κ1) is 9.47. The van der Waals surface area contributed by atoms with Gasteiger partial charge in [0.15, 0.2) is 0 Å². The van der Waals surface area contributed by atoms with E-state index in [1.807, 2.05) is 0 Å². The Hall–Kier alpha value is -0.620. The lowest BCUT2D eigenvalue weighted by Gasteiger charge is -2.02. The molecule has 1 aliphatic rings. The van der Waals surface area contributed by atoms with Gasteiger partial charge in [0.05, 0.1) is 12.4 Å². The van der Waals surface area contributed by atoms with E-state index in [1.54, 1.807) is 0 Å². The largest absolute Gasteiger partial charge is 0.468 e. The molecule has 0 amide bonds. The summed E-state index contributed by atoms with van der Waals surface area (Å²) in [6.07, 6.45) is 1.38. The molecule has 1 N–H and O–H groups in total. The highest BCUT2D eigenvalue weighted by Gasteiger charge is 2.35. The van der Waals surface area contributed by atoms with Crippen molar-refractivity contribution in [3.05, 3.63) is 0 Å². The van der Waals surface area contributed by atoms with Gasteiger partial charge in [-0.15, -0.1) is 0 Å². The Balaban J connectivity index is 2.35. The Kier molecular flexibility index (Phi) is 2.69. The van der Waals surface area contributed by atoms with Crippen LogP contribution in [0.4, 0.5) is 0 Å². The Bertz CT molecular complexity index is 267. The maximum absolute atomic E-state index is 11.1. The number of hydrogen-bond donors (Lipinski definition) is 1. The summed E-state index contributed by atoms with van der Waals surface area (Å²) in [7, 11) is -2.03. The summed E-state index contributed by atoms with van der Waals surface area (Å²) in [6.45, 7) is -0.269. The highest BCUT2D eigenvalue weighted by Crippen LogP contribution is 2.27. The third-order valence-corrected chi connectivity index (χ3v) is 3.50. The summed E-state index contributed by atoms with van der Waals surface area (Å²) in [4.78, 5) is 10.6. The van der Waals surface area contributed by atoms with Gasteiger partial charge in [-0.05, 0) is 12.8 Å². The van der Waals surface area contributed by atoms with Crippen LogP contribution < -0.4 is 4.72 Å². The van der Waals surface area contributed by atoms with Crippen LogP contribution in [0.2, 0.25) is 0 Å². The fourth-order valence-corrected chi connectivity index (χ4v) is 2.04. The summed E-state index contributed by atoms with van der Waals surface area (Å²) in [5.41, 5.74) is 0. The summed E-state index contributed by atoms with van der Waals surface area (Å²) >= 11 is 0. The third-order valence-electron chi connectivity index (χ3n) is 1.61. The molecule has 0 atom stereocenters. The molecule has 0 aromatic heterocycles. The number of sulfonamides is 1. The standard InChI is InChI=1S/C6H11NO4S/c1-11-6(8)4-7-12(9,10)5-2-3-5/h5,7H,2-4H2,1H3. The molecule has 6 heteroatoms. The number of rotatable bonds is 4. The van der Waals surface area contributed by atoms with Crippen LogP contribution in [0.5, 0.6) is 0 Å². The molecule has 12 heavy (non-hydrogen) atoms. The van der Waals surface area contributed by atoms with Crippen molar-refractivity contribution >= 4 is 16.0 Å². The van der Waals surface area contributed by atoms with Gasteiger partial charge >= 0.3 is 5.97 Å². The van der Waals surface area contributed by atoms with Gasteiger partial charge in [0.2, 0.25) is 10.0 Å². The lowest BCUT2D eigenvalue weighted by atomic mass is 10.7. The zero-order valence-electron chi connectivity index (χ0n) is 6.74. The molecule has 70 valence electrons. The molecule has 1 saturated carbocycles. The second-order valence-corrected chi connectivity index (χ2v) is 4.69. The molecular weight excluding hydrogens is 182 g/mol. The van der Waals surface area contributed by atoms with Gasteiger partial charge < -0.3 is 4.74 Å². The van der Waals surface area contributed by atoms with Gasteiger partial charge in [0.25, 0.3) is 0 Å². The quantitative estimate of drug-likeness (QED) is 0.596. The summed E-state index contributed by atoms with van der Waals surface area (Å²) in [5, 5.41) is -0.290.